The number of nitrogens with zero attached hydrogens (tertiary/aromatic N) is 1. The van der Waals surface area contributed by atoms with Crippen LogP contribution >= 0.6 is 0 Å². The molecule has 2 heterocycles. The zero-order valence-electron chi connectivity index (χ0n) is 23.4. The van der Waals surface area contributed by atoms with Crippen molar-refractivity contribution >= 4 is 11.1 Å². The number of allylic oxidation sites excluding steroid dienone is 1. The Morgan fingerprint density at radius 3 is 2.45 bits per heavy atom. The van der Waals surface area contributed by atoms with Gasteiger partial charge in [0.05, 0.1) is 6.61 Å². The number of aliphatic hydroxyl groups is 2. The van der Waals surface area contributed by atoms with Crippen LogP contribution in [-0.4, -0.2) is 65.3 Å². The van der Waals surface area contributed by atoms with E-state index in [1.54, 1.807) is 18.2 Å². The van der Waals surface area contributed by atoms with Crippen molar-refractivity contribution in [3.8, 4) is 23.0 Å². The van der Waals surface area contributed by atoms with E-state index >= 15 is 0 Å². The molecular weight excluding hydrogens is 506 g/mol. The normalized spacial score (nSPS) is 20.5. The molecule has 0 amide bonds. The van der Waals surface area contributed by atoms with E-state index in [-0.39, 0.29) is 19.0 Å². The van der Waals surface area contributed by atoms with Crippen molar-refractivity contribution in [3.05, 3.63) is 83.4 Å². The number of phenolic OH excluding ortho intramolecular Hbond substituents is 1. The van der Waals surface area contributed by atoms with Gasteiger partial charge in [0.25, 0.3) is 0 Å². The first-order chi connectivity index (χ1) is 19.3. The van der Waals surface area contributed by atoms with Gasteiger partial charge in [0, 0.05) is 23.7 Å². The summed E-state index contributed by atoms with van der Waals surface area (Å²) in [6.07, 6.45) is -0.0919. The molecule has 0 aromatic heterocycles. The second kappa shape index (κ2) is 12.3. The molecule has 3 N–H and O–H groups in total. The minimum Gasteiger partial charge on any atom is -0.508 e. The minimum absolute atomic E-state index is 0.00863. The molecule has 5 rings (SSSR count). The maximum absolute atomic E-state index is 10.3. The molecule has 212 valence electrons. The van der Waals surface area contributed by atoms with Crippen molar-refractivity contribution < 1.29 is 29.5 Å². The van der Waals surface area contributed by atoms with Crippen molar-refractivity contribution in [2.45, 2.75) is 45.4 Å². The number of hydrogen-bond donors (Lipinski definition) is 3. The Kier molecular flexibility index (Phi) is 8.64. The summed E-state index contributed by atoms with van der Waals surface area (Å²) in [4.78, 5) is 2.49. The van der Waals surface area contributed by atoms with E-state index < -0.39 is 12.2 Å². The fourth-order valence-electron chi connectivity index (χ4n) is 5.47. The predicted molar refractivity (Wildman–Crippen MR) is 156 cm³/mol. The average molecular weight is 546 g/mol. The van der Waals surface area contributed by atoms with Crippen LogP contribution in [0.3, 0.4) is 0 Å². The summed E-state index contributed by atoms with van der Waals surface area (Å²) in [5, 5.41) is 29.0. The molecule has 3 aromatic rings. The summed E-state index contributed by atoms with van der Waals surface area (Å²) in [7, 11) is 0. The highest BCUT2D eigenvalue weighted by atomic mass is 16.5. The predicted octanol–water partition coefficient (Wildman–Crippen LogP) is 5.30. The van der Waals surface area contributed by atoms with Gasteiger partial charge < -0.3 is 29.5 Å². The van der Waals surface area contributed by atoms with Crippen molar-refractivity contribution in [2.24, 2.45) is 5.92 Å². The van der Waals surface area contributed by atoms with Gasteiger partial charge in [-0.2, -0.15) is 0 Å². The van der Waals surface area contributed by atoms with Crippen molar-refractivity contribution in [2.75, 3.05) is 32.9 Å². The van der Waals surface area contributed by atoms with Crippen molar-refractivity contribution in [1.82, 2.24) is 4.90 Å². The number of benzene rings is 3. The van der Waals surface area contributed by atoms with Crippen molar-refractivity contribution in [3.63, 3.8) is 0 Å². The summed E-state index contributed by atoms with van der Waals surface area (Å²) < 4.78 is 18.4. The topological polar surface area (TPSA) is 91.6 Å². The van der Waals surface area contributed by atoms with Crippen LogP contribution in [0.4, 0.5) is 0 Å². The molecule has 4 atom stereocenters. The Morgan fingerprint density at radius 2 is 1.75 bits per heavy atom. The highest BCUT2D eigenvalue weighted by Crippen LogP contribution is 2.48. The molecule has 7 heteroatoms. The van der Waals surface area contributed by atoms with Crippen molar-refractivity contribution in [1.29, 1.82) is 0 Å². The lowest BCUT2D eigenvalue weighted by molar-refractivity contribution is 0.0536. The van der Waals surface area contributed by atoms with Gasteiger partial charge in [-0.1, -0.05) is 31.2 Å². The van der Waals surface area contributed by atoms with E-state index in [9.17, 15) is 10.2 Å². The minimum atomic E-state index is -0.949. The molecule has 4 unspecified atom stereocenters. The molecule has 40 heavy (non-hydrogen) atoms. The van der Waals surface area contributed by atoms with E-state index in [1.165, 1.54) is 6.42 Å². The summed E-state index contributed by atoms with van der Waals surface area (Å²) in [6, 6.07) is 21.2. The highest BCUT2D eigenvalue weighted by molar-refractivity contribution is 5.95. The molecular formula is C33H39NO6. The van der Waals surface area contributed by atoms with Crippen LogP contribution in [0.5, 0.6) is 23.0 Å². The molecule has 1 saturated heterocycles. The van der Waals surface area contributed by atoms with Crippen LogP contribution in [0, 0.1) is 5.92 Å². The van der Waals surface area contributed by atoms with Gasteiger partial charge in [0.1, 0.15) is 48.4 Å². The van der Waals surface area contributed by atoms with Crippen LogP contribution in [-0.2, 0) is 0 Å². The lowest BCUT2D eigenvalue weighted by Crippen LogP contribution is -2.35. The monoisotopic (exact) mass is 545 g/mol. The molecule has 7 nitrogen and oxygen atoms in total. The van der Waals surface area contributed by atoms with E-state index in [0.29, 0.717) is 18.4 Å². The third-order valence-corrected chi connectivity index (χ3v) is 7.83. The first-order valence-corrected chi connectivity index (χ1v) is 14.0. The lowest BCUT2D eigenvalue weighted by atomic mass is 9.86. The fourth-order valence-corrected chi connectivity index (χ4v) is 5.47. The first-order valence-electron chi connectivity index (χ1n) is 14.0. The van der Waals surface area contributed by atoms with Gasteiger partial charge in [-0.05, 0) is 91.9 Å². The van der Waals surface area contributed by atoms with Gasteiger partial charge in [-0.25, -0.2) is 0 Å². The molecule has 2 aliphatic heterocycles. The summed E-state index contributed by atoms with van der Waals surface area (Å²) in [5.74, 6) is 3.04. The average Bonchev–Trinajstić information content (AvgIpc) is 3.41. The lowest BCUT2D eigenvalue weighted by Gasteiger charge is -2.31. The smallest absolute Gasteiger partial charge is 0.150 e. The SMILES string of the molecule is CC1=C(c2cccc(O)c2)C(c2ccc(OCC(C)N3CCC(C)C3)cc2)Oc2ccc(OCC(O)CO)cc21. The third kappa shape index (κ3) is 6.28. The van der Waals surface area contributed by atoms with Gasteiger partial charge >= 0.3 is 0 Å². The second-order valence-corrected chi connectivity index (χ2v) is 11.0. The van der Waals surface area contributed by atoms with E-state index in [4.69, 9.17) is 19.3 Å². The zero-order chi connectivity index (χ0) is 28.2. The molecule has 1 fully saturated rings. The maximum atomic E-state index is 10.3. The quantitative estimate of drug-likeness (QED) is 0.319. The largest absolute Gasteiger partial charge is 0.508 e. The Morgan fingerprint density at radius 1 is 1.00 bits per heavy atom. The Balaban J connectivity index is 1.40. The molecule has 0 radical (unpaired) electrons. The second-order valence-electron chi connectivity index (χ2n) is 11.0. The van der Waals surface area contributed by atoms with Gasteiger partial charge in [0.2, 0.25) is 0 Å². The molecule has 0 spiro atoms. The molecule has 3 aromatic carbocycles. The third-order valence-electron chi connectivity index (χ3n) is 7.83. The fraction of sp³-hybridized carbons (Fsp3) is 0.394. The number of likely N-dealkylation sites (tertiary alicyclic amines) is 1. The van der Waals surface area contributed by atoms with Crippen LogP contribution in [0.2, 0.25) is 0 Å². The van der Waals surface area contributed by atoms with Crippen LogP contribution in [0.1, 0.15) is 50.0 Å². The number of aromatic hydroxyl groups is 1. The molecule has 2 aliphatic rings. The van der Waals surface area contributed by atoms with Gasteiger partial charge in [-0.3, -0.25) is 4.90 Å². The van der Waals surface area contributed by atoms with E-state index in [0.717, 1.165) is 58.3 Å². The Bertz CT molecular complexity index is 1340. The van der Waals surface area contributed by atoms with Crippen LogP contribution in [0.15, 0.2) is 66.7 Å². The first kappa shape index (κ1) is 28.0. The van der Waals surface area contributed by atoms with Gasteiger partial charge in [-0.15, -0.1) is 0 Å². The number of phenols is 1. The number of rotatable bonds is 10. The van der Waals surface area contributed by atoms with E-state index in [2.05, 4.69) is 18.7 Å². The Labute approximate surface area is 236 Å². The van der Waals surface area contributed by atoms with Crippen LogP contribution < -0.4 is 14.2 Å². The summed E-state index contributed by atoms with van der Waals surface area (Å²) in [5.41, 5.74) is 4.66. The summed E-state index contributed by atoms with van der Waals surface area (Å²) >= 11 is 0. The van der Waals surface area contributed by atoms with Crippen LogP contribution in [0.25, 0.3) is 11.1 Å². The number of aliphatic hydroxyl groups excluding tert-OH is 2. The zero-order valence-corrected chi connectivity index (χ0v) is 23.4. The van der Waals surface area contributed by atoms with E-state index in [1.807, 2.05) is 55.5 Å². The number of ether oxygens (including phenoxy) is 3. The highest BCUT2D eigenvalue weighted by Gasteiger charge is 2.30. The number of hydrogen-bond acceptors (Lipinski definition) is 7. The number of fused-ring (bicyclic) bond motifs is 1. The molecule has 0 bridgehead atoms. The Hall–Kier alpha value is -3.52. The summed E-state index contributed by atoms with van der Waals surface area (Å²) in [6.45, 7) is 9.10. The maximum Gasteiger partial charge on any atom is 0.150 e. The molecule has 0 aliphatic carbocycles. The molecule has 0 saturated carbocycles. The standard InChI is InChI=1S/C33H39NO6/c1-21-13-14-34(17-21)22(2)19-38-28-9-7-24(8-10-28)33-32(25-5-4-6-26(36)15-25)23(3)30-16-29(11-12-31(30)40-33)39-20-27(37)18-35/h4-12,15-16,21-22,27,33,35-37H,13-14,17-20H2,1-3H3. The van der Waals surface area contributed by atoms with Gasteiger partial charge in [0.15, 0.2) is 0 Å².